The predicted octanol–water partition coefficient (Wildman–Crippen LogP) is 35.7. The summed E-state index contributed by atoms with van der Waals surface area (Å²) in [4.78, 5) is 82.1. The molecule has 0 aromatic carbocycles. The topological polar surface area (TPSA) is 141 Å². The van der Waals surface area contributed by atoms with E-state index in [1.54, 1.807) is 57.5 Å². The molecule has 0 saturated heterocycles. The molecule has 2 unspecified atom stereocenters. The number of fused-ring (bicyclic) bond motifs is 1. The first-order valence-electron chi connectivity index (χ1n) is 50.3. The van der Waals surface area contributed by atoms with E-state index in [0.29, 0.717) is 37.4 Å². The van der Waals surface area contributed by atoms with Crippen molar-refractivity contribution in [3.8, 4) is 70.7 Å². The van der Waals surface area contributed by atoms with E-state index in [1.807, 2.05) is 57.5 Å². The van der Waals surface area contributed by atoms with Gasteiger partial charge in [-0.1, -0.05) is 300 Å². The summed E-state index contributed by atoms with van der Waals surface area (Å²) in [5.41, 5.74) is 8.28. The zero-order valence-electron chi connectivity index (χ0n) is 79.5. The predicted molar refractivity (Wildman–Crippen MR) is 557 cm³/mol. The third-order valence-corrected chi connectivity index (χ3v) is 35.7. The van der Waals surface area contributed by atoms with Crippen LogP contribution >= 0.6 is 90.7 Å². The number of rotatable bonds is 66. The Bertz CT molecular complexity index is 4650. The maximum Gasteiger partial charge on any atom is 0.348 e. The molecule has 0 aliphatic carbocycles. The molecule has 8 aromatic rings. The molecule has 694 valence electrons. The first kappa shape index (κ1) is 104. The van der Waals surface area contributed by atoms with Crippen LogP contribution in [-0.2, 0) is 54.3 Å². The van der Waals surface area contributed by atoms with E-state index < -0.39 is 11.9 Å². The van der Waals surface area contributed by atoms with Gasteiger partial charge in [-0.25, -0.2) is 9.59 Å². The maximum atomic E-state index is 16.5. The molecule has 0 radical (unpaired) electrons. The van der Waals surface area contributed by atoms with Crippen LogP contribution < -0.4 is 0 Å². The van der Waals surface area contributed by atoms with Crippen molar-refractivity contribution in [3.05, 3.63) is 137 Å². The van der Waals surface area contributed by atoms with Gasteiger partial charge in [-0.15, -0.1) is 90.7 Å². The van der Waals surface area contributed by atoms with Crippen molar-refractivity contribution < 1.29 is 28.7 Å². The SMILES string of the molecule is CCCCCCCCOC(=O)/C(C#N)=C\c1ccc(-c2cc(CCCCCCCC)c(-c3sc(-c4ccc(C5=C6C(=O)N(CC(CC)CCCC)C(c7ccc(-c8cc(CCCCCCCC)c(-c9sc(-c%10ccc(/C=C(/C#N)C(=O)OCCCCCCCC)s%10)cc9CCCCCCCC)s8)s7)=C6C(=O)N5CC(CC)CCCC)s4)cc3CCCCCCCC)s2)s1. The quantitative estimate of drug-likeness (QED) is 0.0159. The molecule has 2 amide bonds. The van der Waals surface area contributed by atoms with Gasteiger partial charge in [-0.05, 0) is 196 Å². The number of nitrogens with zero attached hydrogens (tertiary/aromatic N) is 4. The van der Waals surface area contributed by atoms with Gasteiger partial charge in [-0.3, -0.25) is 9.59 Å². The molecular formula is C110H150N4O6S8. The number of thiophene rings is 8. The molecule has 10 rings (SSSR count). The zero-order chi connectivity index (χ0) is 90.8. The fourth-order valence-corrected chi connectivity index (χ4v) is 27.4. The molecule has 8 aromatic heterocycles. The molecule has 128 heavy (non-hydrogen) atoms. The fraction of sp³-hybridized carbons (Fsp3) is 0.582. The molecule has 10 heterocycles. The van der Waals surface area contributed by atoms with Gasteiger partial charge in [0, 0.05) is 81.4 Å². The highest BCUT2D eigenvalue weighted by Gasteiger charge is 2.50. The summed E-state index contributed by atoms with van der Waals surface area (Å²) in [7, 11) is 0. The average molecular weight is 1880 g/mol. The second-order valence-corrected chi connectivity index (χ2v) is 44.5. The Balaban J connectivity index is 1.05. The van der Waals surface area contributed by atoms with E-state index in [1.165, 1.54) is 228 Å². The van der Waals surface area contributed by atoms with Gasteiger partial charge in [0.15, 0.2) is 0 Å². The summed E-state index contributed by atoms with van der Waals surface area (Å²) in [6.07, 6.45) is 57.6. The number of nitriles is 2. The van der Waals surface area contributed by atoms with Crippen molar-refractivity contribution in [2.45, 2.75) is 377 Å². The van der Waals surface area contributed by atoms with Crippen LogP contribution in [0.15, 0.2) is 95.1 Å². The Labute approximate surface area is 803 Å². The number of ether oxygens (including phenoxy) is 2. The van der Waals surface area contributed by atoms with Crippen LogP contribution in [0.25, 0.3) is 82.1 Å². The molecule has 0 saturated carbocycles. The van der Waals surface area contributed by atoms with E-state index in [9.17, 15) is 20.1 Å². The Kier molecular flexibility index (Phi) is 46.2. The lowest BCUT2D eigenvalue weighted by molar-refractivity contribution is -0.139. The van der Waals surface area contributed by atoms with Gasteiger partial charge in [-0.2, -0.15) is 10.5 Å². The monoisotopic (exact) mass is 1880 g/mol. The fourth-order valence-electron chi connectivity index (χ4n) is 17.8. The van der Waals surface area contributed by atoms with Crippen LogP contribution in [-0.4, -0.2) is 59.9 Å². The van der Waals surface area contributed by atoms with Crippen LogP contribution in [0.3, 0.4) is 0 Å². The van der Waals surface area contributed by atoms with Gasteiger partial charge >= 0.3 is 11.9 Å². The van der Waals surface area contributed by atoms with E-state index in [2.05, 4.69) is 152 Å². The minimum absolute atomic E-state index is 0.0300. The second kappa shape index (κ2) is 57.1. The largest absolute Gasteiger partial charge is 0.462 e. The third kappa shape index (κ3) is 30.2. The molecule has 0 bridgehead atoms. The van der Waals surface area contributed by atoms with Crippen LogP contribution in [0.4, 0.5) is 0 Å². The smallest absolute Gasteiger partial charge is 0.348 e. The van der Waals surface area contributed by atoms with Gasteiger partial charge in [0.05, 0.1) is 45.5 Å². The summed E-state index contributed by atoms with van der Waals surface area (Å²) in [5, 5.41) is 20.5. The van der Waals surface area contributed by atoms with Crippen molar-refractivity contribution in [2.24, 2.45) is 11.8 Å². The summed E-state index contributed by atoms with van der Waals surface area (Å²) in [6, 6.07) is 31.6. The standard InChI is InChI=1S/C110H150N4O6S8/c1-11-21-29-35-41-47-55-81-71-95(89-61-59-87(121-89)69-85(75-111)109(117)119-67-51-45-39-33-25-15-5)125-103(81)105-83(57-49-43-37-31-23-13-3)73-97(127-105)91-63-65-93(123-91)101-99-100(108(116)113(101)77-79(19-9)53-27-17-7)102(114(107(99)115)78-80(20-10)54-28-18-8)94-66-64-92(124-94)98-74-84(58-50-44-38-32-24-14-4)106(128-98)104-82(56-48-42-36-30-22-12-2)72-96(126-104)90-62-60-88(122-90)70-86(76-112)110(118)120-68-52-46-40-34-26-16-6/h59-66,69-74,79-80H,11-58,67-68,77-78H2,1-10H3/b85-69-,86-70-. The molecule has 2 aliphatic heterocycles. The minimum Gasteiger partial charge on any atom is -0.462 e. The van der Waals surface area contributed by atoms with E-state index in [-0.39, 0.29) is 34.8 Å². The lowest BCUT2D eigenvalue weighted by Gasteiger charge is -2.29. The van der Waals surface area contributed by atoms with Crippen molar-refractivity contribution >= 4 is 138 Å². The number of amides is 2. The number of carbonyl (C=O) groups excluding carboxylic acids is 4. The maximum absolute atomic E-state index is 16.5. The Morgan fingerprint density at radius 1 is 0.320 bits per heavy atom. The van der Waals surface area contributed by atoms with Crippen molar-refractivity contribution in [2.75, 3.05) is 26.3 Å². The van der Waals surface area contributed by atoms with Crippen molar-refractivity contribution in [1.82, 2.24) is 9.80 Å². The van der Waals surface area contributed by atoms with Gasteiger partial charge < -0.3 is 19.3 Å². The van der Waals surface area contributed by atoms with E-state index >= 15 is 9.59 Å². The zero-order valence-corrected chi connectivity index (χ0v) is 86.0. The lowest BCUT2D eigenvalue weighted by atomic mass is 9.98. The first-order valence-corrected chi connectivity index (χ1v) is 56.9. The molecule has 2 aliphatic rings. The van der Waals surface area contributed by atoms with E-state index in [4.69, 9.17) is 9.47 Å². The second-order valence-electron chi connectivity index (χ2n) is 35.9. The lowest BCUT2D eigenvalue weighted by Crippen LogP contribution is -2.34. The van der Waals surface area contributed by atoms with Gasteiger partial charge in [0.1, 0.15) is 23.3 Å². The van der Waals surface area contributed by atoms with Gasteiger partial charge in [0.2, 0.25) is 0 Å². The number of carbonyl (C=O) groups is 4. The minimum atomic E-state index is -0.555. The van der Waals surface area contributed by atoms with Crippen molar-refractivity contribution in [1.29, 1.82) is 10.5 Å². The third-order valence-electron chi connectivity index (χ3n) is 25.6. The van der Waals surface area contributed by atoms with Crippen LogP contribution in [0.2, 0.25) is 0 Å². The first-order chi connectivity index (χ1) is 62.7. The number of unbranched alkanes of at least 4 members (excludes halogenated alkanes) is 32. The molecule has 2 atom stereocenters. The number of aryl methyl sites for hydroxylation is 4. The highest BCUT2D eigenvalue weighted by Crippen LogP contribution is 2.55. The van der Waals surface area contributed by atoms with Crippen molar-refractivity contribution in [3.63, 3.8) is 0 Å². The average Bonchev–Trinajstić information content (AvgIpc) is 1.55. The molecule has 0 N–H and O–H groups in total. The molecular weight excluding hydrogens is 1730 g/mol. The number of esters is 2. The number of hydrogen-bond donors (Lipinski definition) is 0. The van der Waals surface area contributed by atoms with E-state index in [0.717, 1.165) is 192 Å². The highest BCUT2D eigenvalue weighted by molar-refractivity contribution is 7.30. The highest BCUT2D eigenvalue weighted by atomic mass is 32.1. The molecule has 0 fully saturated rings. The van der Waals surface area contributed by atoms with Crippen LogP contribution in [0, 0.1) is 34.5 Å². The summed E-state index contributed by atoms with van der Waals surface area (Å²) in [6.45, 7) is 24.3. The molecule has 0 spiro atoms. The molecule has 10 nitrogen and oxygen atoms in total. The summed E-state index contributed by atoms with van der Waals surface area (Å²) < 4.78 is 11.3. The van der Waals surface area contributed by atoms with Gasteiger partial charge in [0.25, 0.3) is 11.8 Å². The Morgan fingerprint density at radius 3 is 0.859 bits per heavy atom. The van der Waals surface area contributed by atoms with Crippen LogP contribution in [0.5, 0.6) is 0 Å². The summed E-state index contributed by atoms with van der Waals surface area (Å²) >= 11 is 14.3. The summed E-state index contributed by atoms with van der Waals surface area (Å²) in [5.74, 6) is -0.721. The molecule has 18 heteroatoms. The Hall–Kier alpha value is -6.58. The Morgan fingerprint density at radius 2 is 0.578 bits per heavy atom. The number of hydrogen-bond acceptors (Lipinski definition) is 16. The van der Waals surface area contributed by atoms with Crippen LogP contribution in [0.1, 0.15) is 394 Å². The normalized spacial score (nSPS) is 13.6.